The standard InChI is InChI=1S/C24H30F2N2O6S/c1-5-13-32-18-17-21(35-22(27-17)28(3)23(29)30)34-20(19(18)33-14-6-2)24(25,26)12-11-15-7-9-16(31-4)10-8-15/h5-10,17-21H,1-2,11-14H2,3-4H3,(H,29,30)/t17-,18-,19+,20+,21-/m1/s1. The molecule has 2 aliphatic rings. The molecule has 2 heterocycles. The van der Waals surface area contributed by atoms with Gasteiger partial charge in [0.1, 0.15) is 29.4 Å². The number of alkyl halides is 2. The maximum Gasteiger partial charge on any atom is 0.413 e. The van der Waals surface area contributed by atoms with E-state index in [0.29, 0.717) is 5.75 Å². The second-order valence-corrected chi connectivity index (χ2v) is 9.13. The molecular weight excluding hydrogens is 482 g/mol. The quantitative estimate of drug-likeness (QED) is 0.444. The van der Waals surface area contributed by atoms with E-state index in [1.807, 2.05) is 0 Å². The Balaban J connectivity index is 1.86. The van der Waals surface area contributed by atoms with Crippen molar-refractivity contribution in [1.82, 2.24) is 4.90 Å². The molecule has 1 N–H and O–H groups in total. The van der Waals surface area contributed by atoms with Crippen LogP contribution < -0.4 is 4.74 Å². The van der Waals surface area contributed by atoms with Gasteiger partial charge >= 0.3 is 6.09 Å². The predicted octanol–water partition coefficient (Wildman–Crippen LogP) is 4.21. The molecule has 1 saturated heterocycles. The Labute approximate surface area is 207 Å². The van der Waals surface area contributed by atoms with Crippen molar-refractivity contribution >= 4 is 23.0 Å². The van der Waals surface area contributed by atoms with Gasteiger partial charge in [0.15, 0.2) is 11.3 Å². The van der Waals surface area contributed by atoms with Crippen LogP contribution in [-0.2, 0) is 20.6 Å². The Bertz CT molecular complexity index is 929. The number of hydrogen-bond donors (Lipinski definition) is 1. The van der Waals surface area contributed by atoms with E-state index in [1.165, 1.54) is 26.3 Å². The van der Waals surface area contributed by atoms with E-state index in [9.17, 15) is 9.90 Å². The Morgan fingerprint density at radius 2 is 1.86 bits per heavy atom. The van der Waals surface area contributed by atoms with Gasteiger partial charge in [-0.25, -0.2) is 13.6 Å². The SMILES string of the molecule is C=CCO[C@@H]1[C@H]2N=C(N(C)C(=O)O)S[C@H]2O[C@H](C(F)(F)CCc2ccc(OC)cc2)[C@H]1OCC=C. The second-order valence-electron chi connectivity index (χ2n) is 8.07. The van der Waals surface area contributed by atoms with Crippen molar-refractivity contribution in [3.05, 3.63) is 55.1 Å². The lowest BCUT2D eigenvalue weighted by molar-refractivity contribution is -0.250. The van der Waals surface area contributed by atoms with Crippen LogP contribution in [0.15, 0.2) is 54.6 Å². The highest BCUT2D eigenvalue weighted by atomic mass is 32.2. The van der Waals surface area contributed by atoms with E-state index >= 15 is 8.78 Å². The Hall–Kier alpha value is -2.47. The number of amidine groups is 1. The summed E-state index contributed by atoms with van der Waals surface area (Å²) in [6.07, 6.45) is -2.37. The molecule has 1 amide bonds. The molecule has 192 valence electrons. The normalized spacial score (nSPS) is 25.9. The first kappa shape index (κ1) is 27.1. The first-order chi connectivity index (χ1) is 16.7. The number of thioether (sulfide) groups is 1. The second kappa shape index (κ2) is 12.0. The fourth-order valence-electron chi connectivity index (χ4n) is 3.88. The van der Waals surface area contributed by atoms with E-state index in [1.54, 1.807) is 24.3 Å². The molecular formula is C24H30F2N2O6S. The van der Waals surface area contributed by atoms with Crippen molar-refractivity contribution in [3.63, 3.8) is 0 Å². The van der Waals surface area contributed by atoms with Crippen LogP contribution in [0.2, 0.25) is 0 Å². The summed E-state index contributed by atoms with van der Waals surface area (Å²) in [5.74, 6) is -2.64. The molecule has 0 spiro atoms. The number of ether oxygens (including phenoxy) is 4. The van der Waals surface area contributed by atoms with Crippen LogP contribution in [0.1, 0.15) is 12.0 Å². The largest absolute Gasteiger partial charge is 0.497 e. The van der Waals surface area contributed by atoms with Crippen molar-refractivity contribution in [2.45, 2.75) is 48.6 Å². The fourth-order valence-corrected chi connectivity index (χ4v) is 5.04. The number of aliphatic imine (C=N–C) groups is 1. The highest BCUT2D eigenvalue weighted by molar-refractivity contribution is 8.14. The number of nitrogens with zero attached hydrogens (tertiary/aromatic N) is 2. The zero-order chi connectivity index (χ0) is 25.6. The summed E-state index contributed by atoms with van der Waals surface area (Å²) >= 11 is 0.977. The van der Waals surface area contributed by atoms with Crippen molar-refractivity contribution in [3.8, 4) is 5.75 Å². The molecule has 0 saturated carbocycles. The average molecular weight is 513 g/mol. The van der Waals surface area contributed by atoms with Gasteiger partial charge in [-0.3, -0.25) is 9.89 Å². The van der Waals surface area contributed by atoms with Gasteiger partial charge in [-0.15, -0.1) is 13.2 Å². The van der Waals surface area contributed by atoms with Crippen LogP contribution in [0, 0.1) is 0 Å². The molecule has 1 aromatic rings. The summed E-state index contributed by atoms with van der Waals surface area (Å²) in [6, 6.07) is 6.18. The maximum atomic E-state index is 15.7. The molecule has 5 atom stereocenters. The lowest BCUT2D eigenvalue weighted by Crippen LogP contribution is -2.62. The van der Waals surface area contributed by atoms with Gasteiger partial charge < -0.3 is 24.1 Å². The number of methoxy groups -OCH3 is 1. The van der Waals surface area contributed by atoms with E-state index < -0.39 is 48.2 Å². The highest BCUT2D eigenvalue weighted by Gasteiger charge is 2.58. The molecule has 0 aromatic heterocycles. The monoisotopic (exact) mass is 512 g/mol. The van der Waals surface area contributed by atoms with Crippen molar-refractivity contribution < 1.29 is 37.6 Å². The smallest absolute Gasteiger partial charge is 0.413 e. The summed E-state index contributed by atoms with van der Waals surface area (Å²) < 4.78 is 54.0. The highest BCUT2D eigenvalue weighted by Crippen LogP contribution is 2.44. The Morgan fingerprint density at radius 3 is 2.43 bits per heavy atom. The number of carbonyl (C=O) groups is 1. The number of carboxylic acid groups (broad SMARTS) is 1. The van der Waals surface area contributed by atoms with Gasteiger partial charge in [0.05, 0.1) is 20.3 Å². The van der Waals surface area contributed by atoms with Crippen LogP contribution in [0.3, 0.4) is 0 Å². The number of benzene rings is 1. The molecule has 3 rings (SSSR count). The summed E-state index contributed by atoms with van der Waals surface area (Å²) in [5.41, 5.74) is -0.131. The van der Waals surface area contributed by atoms with Gasteiger partial charge in [0.2, 0.25) is 0 Å². The lowest BCUT2D eigenvalue weighted by Gasteiger charge is -2.45. The number of aryl methyl sites for hydroxylation is 1. The molecule has 0 unspecified atom stereocenters. The first-order valence-electron chi connectivity index (χ1n) is 11.0. The van der Waals surface area contributed by atoms with Crippen molar-refractivity contribution in [2.75, 3.05) is 27.4 Å². The minimum absolute atomic E-state index is 0.00314. The van der Waals surface area contributed by atoms with Gasteiger partial charge in [-0.1, -0.05) is 36.0 Å². The number of rotatable bonds is 11. The maximum absolute atomic E-state index is 15.7. The van der Waals surface area contributed by atoms with E-state index in [0.717, 1.165) is 22.2 Å². The van der Waals surface area contributed by atoms with E-state index in [2.05, 4.69) is 18.2 Å². The van der Waals surface area contributed by atoms with Crippen molar-refractivity contribution in [1.29, 1.82) is 0 Å². The van der Waals surface area contributed by atoms with Crippen LogP contribution >= 0.6 is 11.8 Å². The van der Waals surface area contributed by atoms with E-state index in [4.69, 9.17) is 18.9 Å². The Kier molecular flexibility index (Phi) is 9.28. The third-order valence-electron chi connectivity index (χ3n) is 5.71. The topological polar surface area (TPSA) is 89.8 Å². The van der Waals surface area contributed by atoms with Gasteiger partial charge in [0.25, 0.3) is 5.92 Å². The molecule has 2 aliphatic heterocycles. The van der Waals surface area contributed by atoms with Crippen LogP contribution in [0.25, 0.3) is 0 Å². The van der Waals surface area contributed by atoms with Crippen LogP contribution in [0.5, 0.6) is 5.75 Å². The number of fused-ring (bicyclic) bond motifs is 1. The van der Waals surface area contributed by atoms with E-state index in [-0.39, 0.29) is 24.8 Å². The summed E-state index contributed by atoms with van der Waals surface area (Å²) in [4.78, 5) is 16.8. The van der Waals surface area contributed by atoms with Gasteiger partial charge in [0, 0.05) is 13.5 Å². The van der Waals surface area contributed by atoms with Crippen LogP contribution in [0.4, 0.5) is 13.6 Å². The summed E-state index contributed by atoms with van der Waals surface area (Å²) in [6.45, 7) is 7.32. The number of halogens is 2. The first-order valence-corrected chi connectivity index (χ1v) is 11.9. The Morgan fingerprint density at radius 1 is 1.23 bits per heavy atom. The fraction of sp³-hybridized carbons (Fsp3) is 0.500. The van der Waals surface area contributed by atoms with Gasteiger partial charge in [-0.05, 0) is 24.1 Å². The predicted molar refractivity (Wildman–Crippen MR) is 129 cm³/mol. The number of hydrogen-bond acceptors (Lipinski definition) is 7. The zero-order valence-corrected chi connectivity index (χ0v) is 20.5. The molecule has 0 radical (unpaired) electrons. The zero-order valence-electron chi connectivity index (χ0n) is 19.6. The summed E-state index contributed by atoms with van der Waals surface area (Å²) in [7, 11) is 2.87. The molecule has 35 heavy (non-hydrogen) atoms. The lowest BCUT2D eigenvalue weighted by atomic mass is 9.91. The third-order valence-corrected chi connectivity index (χ3v) is 6.92. The minimum atomic E-state index is -3.28. The third kappa shape index (κ3) is 6.40. The molecule has 8 nitrogen and oxygen atoms in total. The molecule has 1 fully saturated rings. The van der Waals surface area contributed by atoms with Crippen LogP contribution in [-0.4, -0.2) is 84.4 Å². The molecule has 0 aliphatic carbocycles. The average Bonchev–Trinajstić information content (AvgIpc) is 3.28. The molecule has 0 bridgehead atoms. The van der Waals surface area contributed by atoms with Gasteiger partial charge in [-0.2, -0.15) is 0 Å². The molecule has 1 aromatic carbocycles. The summed E-state index contributed by atoms with van der Waals surface area (Å²) in [5, 5.41) is 9.47. The molecule has 11 heteroatoms. The minimum Gasteiger partial charge on any atom is -0.497 e. The van der Waals surface area contributed by atoms with Crippen molar-refractivity contribution in [2.24, 2.45) is 4.99 Å². The number of amides is 1.